The lowest BCUT2D eigenvalue weighted by atomic mass is 10.2. The molecule has 1 N–H and O–H groups in total. The Kier molecular flexibility index (Phi) is 4.80. The van der Waals surface area contributed by atoms with Crippen LogP contribution in [-0.4, -0.2) is 53.3 Å². The normalized spacial score (nSPS) is 21.7. The highest BCUT2D eigenvalue weighted by Gasteiger charge is 2.39. The van der Waals surface area contributed by atoms with E-state index >= 15 is 0 Å². The number of nitrogens with one attached hydrogen (secondary N) is 1. The number of rotatable bonds is 5. The van der Waals surface area contributed by atoms with E-state index in [0.29, 0.717) is 25.2 Å². The first-order chi connectivity index (χ1) is 14.5. The van der Waals surface area contributed by atoms with E-state index in [1.807, 2.05) is 28.9 Å². The van der Waals surface area contributed by atoms with Crippen molar-refractivity contribution in [3.63, 3.8) is 0 Å². The van der Waals surface area contributed by atoms with Crippen LogP contribution in [0.15, 0.2) is 59.9 Å². The number of sulfonamides is 1. The average molecular weight is 426 g/mol. The summed E-state index contributed by atoms with van der Waals surface area (Å²) in [5.41, 5.74) is 2.20. The number of hydrogen-bond acceptors (Lipinski definition) is 5. The van der Waals surface area contributed by atoms with Gasteiger partial charge in [-0.2, -0.15) is 4.31 Å². The minimum Gasteiger partial charge on any atom is -0.372 e. The van der Waals surface area contributed by atoms with Crippen molar-refractivity contribution in [2.45, 2.75) is 36.5 Å². The maximum Gasteiger partial charge on any atom is 0.251 e. The summed E-state index contributed by atoms with van der Waals surface area (Å²) in [6.45, 7) is 1.15. The van der Waals surface area contributed by atoms with E-state index in [9.17, 15) is 13.2 Å². The quantitative estimate of drug-likeness (QED) is 0.672. The molecule has 9 heteroatoms. The van der Waals surface area contributed by atoms with E-state index in [1.165, 1.54) is 16.4 Å². The Morgan fingerprint density at radius 2 is 1.83 bits per heavy atom. The lowest BCUT2D eigenvalue weighted by Gasteiger charge is -2.31. The number of imidazole rings is 1. The van der Waals surface area contributed by atoms with Crippen molar-refractivity contribution in [1.29, 1.82) is 0 Å². The Hall–Kier alpha value is -2.75. The zero-order chi connectivity index (χ0) is 20.7. The van der Waals surface area contributed by atoms with Gasteiger partial charge >= 0.3 is 0 Å². The van der Waals surface area contributed by atoms with E-state index in [4.69, 9.17) is 4.74 Å². The van der Waals surface area contributed by atoms with Crippen LogP contribution < -0.4 is 5.32 Å². The fourth-order valence-corrected chi connectivity index (χ4v) is 5.56. The summed E-state index contributed by atoms with van der Waals surface area (Å²) in [5.74, 6) is -0.255. The van der Waals surface area contributed by atoms with Gasteiger partial charge < -0.3 is 14.5 Å². The summed E-state index contributed by atoms with van der Waals surface area (Å²) in [6, 6.07) is 9.90. The Labute approximate surface area is 174 Å². The maximum absolute atomic E-state index is 12.9. The molecule has 2 saturated heterocycles. The molecule has 30 heavy (non-hydrogen) atoms. The van der Waals surface area contributed by atoms with Gasteiger partial charge in [-0.3, -0.25) is 4.79 Å². The third-order valence-corrected chi connectivity index (χ3v) is 7.51. The van der Waals surface area contributed by atoms with Crippen LogP contribution >= 0.6 is 0 Å². The Balaban J connectivity index is 1.25. The highest BCUT2D eigenvalue weighted by Crippen LogP contribution is 2.30. The maximum atomic E-state index is 12.9. The molecule has 1 amide bonds. The van der Waals surface area contributed by atoms with E-state index in [0.717, 1.165) is 24.1 Å². The van der Waals surface area contributed by atoms with Gasteiger partial charge in [-0.05, 0) is 48.7 Å². The standard InChI is InChI=1S/C21H22N4O4S/c26-21(23-11-15-1-8-20-22-9-10-24(20)12-15)16-2-6-19(7-3-16)30(27,28)25-13-17-4-5-18(14-25)29-17/h1-3,6-10,12,17-18H,4-5,11,13-14H2,(H,23,26). The number of ether oxygens (including phenoxy) is 1. The van der Waals surface area contributed by atoms with Gasteiger partial charge in [0.15, 0.2) is 0 Å². The number of pyridine rings is 1. The molecule has 4 heterocycles. The summed E-state index contributed by atoms with van der Waals surface area (Å²) in [6.07, 6.45) is 7.27. The summed E-state index contributed by atoms with van der Waals surface area (Å²) in [5, 5.41) is 2.86. The number of amides is 1. The van der Waals surface area contributed by atoms with Gasteiger partial charge in [-0.1, -0.05) is 6.07 Å². The van der Waals surface area contributed by atoms with Gasteiger partial charge in [0, 0.05) is 43.8 Å². The van der Waals surface area contributed by atoms with E-state index in [-0.39, 0.29) is 23.0 Å². The molecule has 2 aliphatic heterocycles. The first-order valence-corrected chi connectivity index (χ1v) is 11.4. The topological polar surface area (TPSA) is 93.0 Å². The molecule has 0 saturated carbocycles. The fourth-order valence-electron chi connectivity index (χ4n) is 4.06. The monoisotopic (exact) mass is 426 g/mol. The van der Waals surface area contributed by atoms with Gasteiger partial charge in [0.05, 0.1) is 17.1 Å². The number of hydrogen-bond donors (Lipinski definition) is 1. The molecule has 0 radical (unpaired) electrons. The molecule has 3 aromatic rings. The zero-order valence-corrected chi connectivity index (χ0v) is 17.1. The van der Waals surface area contributed by atoms with E-state index in [1.54, 1.807) is 18.3 Å². The molecule has 2 aromatic heterocycles. The van der Waals surface area contributed by atoms with Crippen molar-refractivity contribution in [2.24, 2.45) is 0 Å². The molecule has 156 valence electrons. The number of aromatic nitrogens is 2. The summed E-state index contributed by atoms with van der Waals surface area (Å²) < 4.78 is 35.0. The predicted molar refractivity (Wildman–Crippen MR) is 109 cm³/mol. The molecule has 8 nitrogen and oxygen atoms in total. The summed E-state index contributed by atoms with van der Waals surface area (Å²) in [4.78, 5) is 16.9. The zero-order valence-electron chi connectivity index (χ0n) is 16.3. The Morgan fingerprint density at radius 3 is 2.57 bits per heavy atom. The number of nitrogens with zero attached hydrogens (tertiary/aromatic N) is 3. The van der Waals surface area contributed by atoms with Crippen molar-refractivity contribution < 1.29 is 17.9 Å². The van der Waals surface area contributed by atoms with Crippen molar-refractivity contribution in [1.82, 2.24) is 19.0 Å². The second-order valence-electron chi connectivity index (χ2n) is 7.72. The fraction of sp³-hybridized carbons (Fsp3) is 0.333. The van der Waals surface area contributed by atoms with Crippen molar-refractivity contribution in [2.75, 3.05) is 13.1 Å². The lowest BCUT2D eigenvalue weighted by Crippen LogP contribution is -2.45. The highest BCUT2D eigenvalue weighted by molar-refractivity contribution is 7.89. The van der Waals surface area contributed by atoms with Crippen molar-refractivity contribution in [3.8, 4) is 0 Å². The van der Waals surface area contributed by atoms with Crippen molar-refractivity contribution >= 4 is 21.6 Å². The SMILES string of the molecule is O=C(NCc1ccc2nccn2c1)c1ccc(S(=O)(=O)N2CC3CCC(C2)O3)cc1. The van der Waals surface area contributed by atoms with Crippen LogP contribution in [0.2, 0.25) is 0 Å². The van der Waals surface area contributed by atoms with Crippen LogP contribution in [0.25, 0.3) is 5.65 Å². The van der Waals surface area contributed by atoms with Gasteiger partial charge in [-0.15, -0.1) is 0 Å². The number of carbonyl (C=O) groups is 1. The largest absolute Gasteiger partial charge is 0.372 e. The molecule has 5 rings (SSSR count). The smallest absolute Gasteiger partial charge is 0.251 e. The summed E-state index contributed by atoms with van der Waals surface area (Å²) in [7, 11) is -3.59. The minimum absolute atomic E-state index is 0.00915. The average Bonchev–Trinajstić information content (AvgIpc) is 3.37. The first kappa shape index (κ1) is 19.2. The number of morpholine rings is 1. The van der Waals surface area contributed by atoms with Crippen LogP contribution in [0.5, 0.6) is 0 Å². The molecular weight excluding hydrogens is 404 g/mol. The number of carbonyl (C=O) groups excluding carboxylic acids is 1. The molecule has 2 fully saturated rings. The molecule has 2 unspecified atom stereocenters. The summed E-state index contributed by atoms with van der Waals surface area (Å²) >= 11 is 0. The van der Waals surface area contributed by atoms with Crippen LogP contribution in [0, 0.1) is 0 Å². The van der Waals surface area contributed by atoms with E-state index in [2.05, 4.69) is 10.3 Å². The Bertz CT molecular complexity index is 1180. The Morgan fingerprint density at radius 1 is 1.10 bits per heavy atom. The number of fused-ring (bicyclic) bond motifs is 3. The van der Waals surface area contributed by atoms with E-state index < -0.39 is 10.0 Å². The second-order valence-corrected chi connectivity index (χ2v) is 9.65. The molecule has 1 aromatic carbocycles. The minimum atomic E-state index is -3.59. The first-order valence-electron chi connectivity index (χ1n) is 9.94. The molecule has 2 aliphatic rings. The molecule has 0 aliphatic carbocycles. The molecule has 2 bridgehead atoms. The van der Waals surface area contributed by atoms with Gasteiger partial charge in [-0.25, -0.2) is 13.4 Å². The van der Waals surface area contributed by atoms with Crippen LogP contribution in [0.4, 0.5) is 0 Å². The van der Waals surface area contributed by atoms with Crippen LogP contribution in [0.1, 0.15) is 28.8 Å². The number of benzene rings is 1. The highest BCUT2D eigenvalue weighted by atomic mass is 32.2. The van der Waals surface area contributed by atoms with Gasteiger partial charge in [0.1, 0.15) is 5.65 Å². The second kappa shape index (κ2) is 7.50. The van der Waals surface area contributed by atoms with Gasteiger partial charge in [0.25, 0.3) is 5.91 Å². The van der Waals surface area contributed by atoms with Gasteiger partial charge in [0.2, 0.25) is 10.0 Å². The van der Waals surface area contributed by atoms with Crippen LogP contribution in [0.3, 0.4) is 0 Å². The van der Waals surface area contributed by atoms with Crippen LogP contribution in [-0.2, 0) is 21.3 Å². The predicted octanol–water partition coefficient (Wildman–Crippen LogP) is 1.82. The molecule has 2 atom stereocenters. The lowest BCUT2D eigenvalue weighted by molar-refractivity contribution is -0.0114. The molecular formula is C21H22N4O4S. The van der Waals surface area contributed by atoms with Crippen molar-refractivity contribution in [3.05, 3.63) is 66.1 Å². The molecule has 0 spiro atoms. The third kappa shape index (κ3) is 3.60. The third-order valence-electron chi connectivity index (χ3n) is 5.67.